The van der Waals surface area contributed by atoms with Crippen LogP contribution in [0.4, 0.5) is 5.82 Å². The van der Waals surface area contributed by atoms with Gasteiger partial charge in [0.05, 0.1) is 0 Å². The molecule has 1 aromatic heterocycles. The van der Waals surface area contributed by atoms with Crippen LogP contribution in [-0.4, -0.2) is 16.5 Å². The van der Waals surface area contributed by atoms with Gasteiger partial charge in [0.15, 0.2) is 0 Å². The van der Waals surface area contributed by atoms with Gasteiger partial charge in [-0.15, -0.1) is 0 Å². The molecule has 0 radical (unpaired) electrons. The van der Waals surface area contributed by atoms with Gasteiger partial charge < -0.3 is 5.32 Å². The number of rotatable bonds is 4. The van der Waals surface area contributed by atoms with Crippen molar-refractivity contribution in [1.82, 2.24) is 9.97 Å². The second-order valence-corrected chi connectivity index (χ2v) is 2.67. The van der Waals surface area contributed by atoms with Gasteiger partial charge in [-0.2, -0.15) is 0 Å². The molecule has 0 aliphatic rings. The summed E-state index contributed by atoms with van der Waals surface area (Å²) < 4.78 is 0. The Bertz CT molecular complexity index is 235. The Balaban J connectivity index is 2.60. The summed E-state index contributed by atoms with van der Waals surface area (Å²) in [5, 5.41) is 3.22. The van der Waals surface area contributed by atoms with Crippen LogP contribution in [0.25, 0.3) is 0 Å². The number of nitrogens with zero attached hydrogens (tertiary/aromatic N) is 2. The lowest BCUT2D eigenvalue weighted by Gasteiger charge is -2.03. The number of aromatic nitrogens is 2. The molecule has 0 aromatic carbocycles. The summed E-state index contributed by atoms with van der Waals surface area (Å²) in [6.07, 6.45) is 3.69. The van der Waals surface area contributed by atoms with E-state index in [1.807, 2.05) is 6.07 Å². The van der Waals surface area contributed by atoms with E-state index in [-0.39, 0.29) is 0 Å². The lowest BCUT2D eigenvalue weighted by molar-refractivity contribution is 0.948. The van der Waals surface area contributed by atoms with Crippen molar-refractivity contribution in [3.8, 4) is 0 Å². The van der Waals surface area contributed by atoms with Gasteiger partial charge in [0, 0.05) is 18.3 Å². The molecule has 0 amide bonds. The van der Waals surface area contributed by atoms with Crippen LogP contribution < -0.4 is 5.32 Å². The molecule has 0 saturated heterocycles. The summed E-state index contributed by atoms with van der Waals surface area (Å²) in [6.45, 7) is 5.20. The van der Waals surface area contributed by atoms with Crippen molar-refractivity contribution in [2.75, 3.05) is 11.9 Å². The first-order valence-electron chi connectivity index (χ1n) is 4.41. The van der Waals surface area contributed by atoms with Gasteiger partial charge in [-0.3, -0.25) is 0 Å². The fourth-order valence-electron chi connectivity index (χ4n) is 0.941. The maximum atomic E-state index is 4.11. The molecule has 0 saturated carbocycles. The van der Waals surface area contributed by atoms with E-state index in [1.165, 1.54) is 0 Å². The third kappa shape index (κ3) is 2.49. The van der Waals surface area contributed by atoms with Gasteiger partial charge in [-0.25, -0.2) is 9.97 Å². The van der Waals surface area contributed by atoms with Crippen molar-refractivity contribution in [1.29, 1.82) is 0 Å². The van der Waals surface area contributed by atoms with Crippen LogP contribution in [0.5, 0.6) is 0 Å². The Morgan fingerprint density at radius 3 is 2.83 bits per heavy atom. The molecule has 1 rings (SSSR count). The van der Waals surface area contributed by atoms with E-state index < -0.39 is 0 Å². The molecule has 66 valence electrons. The fraction of sp³-hybridized carbons (Fsp3) is 0.556. The average molecular weight is 165 g/mol. The van der Waals surface area contributed by atoms with E-state index >= 15 is 0 Å². The number of nitrogens with one attached hydrogen (secondary N) is 1. The molecule has 0 bridgehead atoms. The molecular weight excluding hydrogens is 150 g/mol. The van der Waals surface area contributed by atoms with Crippen molar-refractivity contribution < 1.29 is 0 Å². The van der Waals surface area contributed by atoms with Crippen LogP contribution in [0.2, 0.25) is 0 Å². The molecule has 0 spiro atoms. The van der Waals surface area contributed by atoms with Crippen LogP contribution in [0.3, 0.4) is 0 Å². The lowest BCUT2D eigenvalue weighted by atomic mass is 10.3. The Morgan fingerprint density at radius 1 is 1.33 bits per heavy atom. The van der Waals surface area contributed by atoms with Crippen LogP contribution in [0.15, 0.2) is 12.4 Å². The molecule has 0 aliphatic carbocycles. The zero-order valence-electron chi connectivity index (χ0n) is 7.67. The highest BCUT2D eigenvalue weighted by Crippen LogP contribution is 2.03. The van der Waals surface area contributed by atoms with Crippen molar-refractivity contribution >= 4 is 5.82 Å². The Labute approximate surface area is 73.2 Å². The molecular formula is C9H15N3. The molecule has 1 aromatic rings. The molecule has 0 atom stereocenters. The van der Waals surface area contributed by atoms with E-state index in [0.717, 1.165) is 30.9 Å². The summed E-state index contributed by atoms with van der Waals surface area (Å²) in [6, 6.07) is 2.00. The summed E-state index contributed by atoms with van der Waals surface area (Å²) in [5.41, 5.74) is 1.09. The van der Waals surface area contributed by atoms with Crippen molar-refractivity contribution in [3.05, 3.63) is 18.1 Å². The van der Waals surface area contributed by atoms with Crippen LogP contribution in [0, 0.1) is 0 Å². The normalized spacial score (nSPS) is 9.83. The second-order valence-electron chi connectivity index (χ2n) is 2.67. The van der Waals surface area contributed by atoms with Gasteiger partial charge in [-0.05, 0) is 12.8 Å². The minimum atomic E-state index is 0.934. The largest absolute Gasteiger partial charge is 0.370 e. The lowest BCUT2D eigenvalue weighted by Crippen LogP contribution is -2.02. The molecule has 12 heavy (non-hydrogen) atoms. The molecule has 0 aliphatic heterocycles. The maximum Gasteiger partial charge on any atom is 0.129 e. The average Bonchev–Trinajstić information content (AvgIpc) is 2.15. The van der Waals surface area contributed by atoms with Gasteiger partial charge in [0.2, 0.25) is 0 Å². The third-order valence-corrected chi connectivity index (χ3v) is 1.64. The van der Waals surface area contributed by atoms with E-state index in [4.69, 9.17) is 0 Å². The summed E-state index contributed by atoms with van der Waals surface area (Å²) >= 11 is 0. The quantitative estimate of drug-likeness (QED) is 0.740. The highest BCUT2D eigenvalue weighted by Gasteiger charge is 1.94. The highest BCUT2D eigenvalue weighted by molar-refractivity contribution is 5.34. The Kier molecular flexibility index (Phi) is 3.51. The van der Waals surface area contributed by atoms with E-state index in [9.17, 15) is 0 Å². The van der Waals surface area contributed by atoms with Crippen molar-refractivity contribution in [2.45, 2.75) is 26.7 Å². The van der Waals surface area contributed by atoms with Gasteiger partial charge in [0.1, 0.15) is 12.1 Å². The van der Waals surface area contributed by atoms with Crippen LogP contribution in [-0.2, 0) is 6.42 Å². The van der Waals surface area contributed by atoms with Gasteiger partial charge in [0.25, 0.3) is 0 Å². The monoisotopic (exact) mass is 165 g/mol. The number of hydrogen-bond acceptors (Lipinski definition) is 3. The zero-order valence-corrected chi connectivity index (χ0v) is 7.67. The number of hydrogen-bond donors (Lipinski definition) is 1. The molecule has 0 fully saturated rings. The van der Waals surface area contributed by atoms with Crippen LogP contribution >= 0.6 is 0 Å². The fourth-order valence-corrected chi connectivity index (χ4v) is 0.941. The van der Waals surface area contributed by atoms with Crippen molar-refractivity contribution in [3.63, 3.8) is 0 Å². The molecule has 0 unspecified atom stereocenters. The first-order chi connectivity index (χ1) is 5.86. The smallest absolute Gasteiger partial charge is 0.129 e. The number of anilines is 1. The SMILES string of the molecule is CCCNc1cc(CC)ncn1. The predicted octanol–water partition coefficient (Wildman–Crippen LogP) is 1.86. The van der Waals surface area contributed by atoms with E-state index in [2.05, 4.69) is 29.1 Å². The molecule has 3 heteroatoms. The topological polar surface area (TPSA) is 37.8 Å². The first-order valence-corrected chi connectivity index (χ1v) is 4.41. The van der Waals surface area contributed by atoms with Crippen LogP contribution in [0.1, 0.15) is 26.0 Å². The predicted molar refractivity (Wildman–Crippen MR) is 50.2 cm³/mol. The maximum absolute atomic E-state index is 4.11. The Hall–Kier alpha value is -1.12. The third-order valence-electron chi connectivity index (χ3n) is 1.64. The van der Waals surface area contributed by atoms with Gasteiger partial charge >= 0.3 is 0 Å². The minimum Gasteiger partial charge on any atom is -0.370 e. The Morgan fingerprint density at radius 2 is 2.17 bits per heavy atom. The molecule has 3 nitrogen and oxygen atoms in total. The standard InChI is InChI=1S/C9H15N3/c1-3-5-10-9-6-8(4-2)11-7-12-9/h6-7H,3-5H2,1-2H3,(H,10,11,12). The van der Waals surface area contributed by atoms with E-state index in [1.54, 1.807) is 6.33 Å². The molecule has 1 heterocycles. The summed E-state index contributed by atoms with van der Waals surface area (Å²) in [4.78, 5) is 8.22. The van der Waals surface area contributed by atoms with Crippen molar-refractivity contribution in [2.24, 2.45) is 0 Å². The molecule has 1 N–H and O–H groups in total. The van der Waals surface area contributed by atoms with E-state index in [0.29, 0.717) is 0 Å². The first kappa shape index (κ1) is 8.97. The summed E-state index contributed by atoms with van der Waals surface area (Å²) in [7, 11) is 0. The number of aryl methyl sites for hydroxylation is 1. The highest BCUT2D eigenvalue weighted by atomic mass is 15.0. The van der Waals surface area contributed by atoms with Gasteiger partial charge in [-0.1, -0.05) is 13.8 Å². The second kappa shape index (κ2) is 4.70. The minimum absolute atomic E-state index is 0.934. The zero-order chi connectivity index (χ0) is 8.81. The summed E-state index contributed by atoms with van der Waals surface area (Å²) in [5.74, 6) is 0.934.